The Bertz CT molecular complexity index is 587. The van der Waals surface area contributed by atoms with Crippen LogP contribution in [-0.4, -0.2) is 29.2 Å². The number of nitrogens with one attached hydrogen (secondary N) is 1. The van der Waals surface area contributed by atoms with Crippen molar-refractivity contribution < 1.29 is 9.53 Å². The molecule has 2 aromatic heterocycles. The fourth-order valence-electron chi connectivity index (χ4n) is 1.68. The van der Waals surface area contributed by atoms with Gasteiger partial charge in [0.15, 0.2) is 0 Å². The highest BCUT2D eigenvalue weighted by Crippen LogP contribution is 2.25. The molecule has 0 atom stereocenters. The predicted molar refractivity (Wildman–Crippen MR) is 72.6 cm³/mol. The minimum Gasteiger partial charge on any atom is -0.450 e. The van der Waals surface area contributed by atoms with Gasteiger partial charge in [-0.2, -0.15) is 0 Å². The van der Waals surface area contributed by atoms with Crippen molar-refractivity contribution in [2.24, 2.45) is 5.73 Å². The molecule has 2 aromatic rings. The number of fused-ring (bicyclic) bond motifs is 1. The molecule has 0 aliphatic carbocycles. The molecule has 100 valence electrons. The lowest BCUT2D eigenvalue weighted by molar-refractivity contribution is 0.156. The Morgan fingerprint density at radius 2 is 2.26 bits per heavy atom. The fourth-order valence-corrected chi connectivity index (χ4v) is 1.68. The molecule has 0 unspecified atom stereocenters. The minimum atomic E-state index is -0.768. The number of hydrogen-bond donors (Lipinski definition) is 3. The molecule has 0 aromatic carbocycles. The van der Waals surface area contributed by atoms with E-state index in [-0.39, 0.29) is 6.61 Å². The molecule has 1 amide bonds. The largest absolute Gasteiger partial charge is 0.450 e. The summed E-state index contributed by atoms with van der Waals surface area (Å²) >= 11 is 0. The summed E-state index contributed by atoms with van der Waals surface area (Å²) in [5, 5.41) is 3.17. The van der Waals surface area contributed by atoms with Gasteiger partial charge in [-0.1, -0.05) is 0 Å². The number of ether oxygens (including phenoxy) is 1. The molecule has 0 aliphatic heterocycles. The zero-order valence-corrected chi connectivity index (χ0v) is 10.3. The second-order valence-electron chi connectivity index (χ2n) is 3.91. The first-order chi connectivity index (χ1) is 9.18. The average Bonchev–Trinajstić information content (AvgIpc) is 2.40. The third-order valence-electron chi connectivity index (χ3n) is 2.52. The Kier molecular flexibility index (Phi) is 3.97. The molecule has 19 heavy (non-hydrogen) atoms. The zero-order chi connectivity index (χ0) is 13.7. The lowest BCUT2D eigenvalue weighted by Gasteiger charge is -2.11. The number of anilines is 2. The van der Waals surface area contributed by atoms with Crippen LogP contribution in [0.25, 0.3) is 11.0 Å². The van der Waals surface area contributed by atoms with Crippen molar-refractivity contribution in [3.8, 4) is 0 Å². The fraction of sp³-hybridized carbons (Fsp3) is 0.250. The number of amides is 1. The first-order valence-electron chi connectivity index (χ1n) is 5.84. The highest BCUT2D eigenvalue weighted by atomic mass is 16.5. The molecular weight excluding hydrogens is 246 g/mol. The summed E-state index contributed by atoms with van der Waals surface area (Å²) in [5.41, 5.74) is 13.5. The molecule has 7 nitrogen and oxygen atoms in total. The van der Waals surface area contributed by atoms with Crippen LogP contribution >= 0.6 is 0 Å². The summed E-state index contributed by atoms with van der Waals surface area (Å²) in [6, 6.07) is 3.68. The number of aromatic nitrogens is 2. The standard InChI is InChI=1S/C12H15N5O2/c13-8-7-17-9-3-1-4-16-11(9)10(8)15-5-2-6-19-12(14)18/h1,3-4,7H,2,5-6,13H2,(H2,14,18)(H,15,17). The molecule has 0 spiro atoms. The first kappa shape index (κ1) is 12.9. The summed E-state index contributed by atoms with van der Waals surface area (Å²) in [5.74, 6) is 0. The number of carbonyl (C=O) groups excluding carboxylic acids is 1. The summed E-state index contributed by atoms with van der Waals surface area (Å²) in [6.07, 6.45) is 3.13. The highest BCUT2D eigenvalue weighted by Gasteiger charge is 2.06. The maximum Gasteiger partial charge on any atom is 0.404 e. The number of primary amides is 1. The van der Waals surface area contributed by atoms with Gasteiger partial charge in [-0.3, -0.25) is 9.97 Å². The normalized spacial score (nSPS) is 10.3. The van der Waals surface area contributed by atoms with E-state index in [2.05, 4.69) is 20.0 Å². The van der Waals surface area contributed by atoms with E-state index in [1.165, 1.54) is 0 Å². The Morgan fingerprint density at radius 1 is 1.42 bits per heavy atom. The molecule has 7 heteroatoms. The van der Waals surface area contributed by atoms with Gasteiger partial charge in [-0.15, -0.1) is 0 Å². The summed E-state index contributed by atoms with van der Waals surface area (Å²) in [4.78, 5) is 18.9. The van der Waals surface area contributed by atoms with Crippen molar-refractivity contribution in [1.29, 1.82) is 0 Å². The molecule has 0 saturated carbocycles. The Morgan fingerprint density at radius 3 is 3.05 bits per heavy atom. The molecular formula is C12H15N5O2. The van der Waals surface area contributed by atoms with E-state index in [1.807, 2.05) is 12.1 Å². The Balaban J connectivity index is 2.03. The second-order valence-corrected chi connectivity index (χ2v) is 3.91. The summed E-state index contributed by atoms with van der Waals surface area (Å²) in [7, 11) is 0. The van der Waals surface area contributed by atoms with E-state index in [1.54, 1.807) is 12.4 Å². The maximum atomic E-state index is 10.4. The number of pyridine rings is 2. The quantitative estimate of drug-likeness (QED) is 0.694. The third kappa shape index (κ3) is 3.21. The van der Waals surface area contributed by atoms with E-state index in [4.69, 9.17) is 11.5 Å². The molecule has 0 radical (unpaired) electrons. The highest BCUT2D eigenvalue weighted by molar-refractivity contribution is 5.93. The second kappa shape index (κ2) is 5.85. The van der Waals surface area contributed by atoms with Crippen molar-refractivity contribution in [3.63, 3.8) is 0 Å². The first-order valence-corrected chi connectivity index (χ1v) is 5.84. The van der Waals surface area contributed by atoms with Crippen LogP contribution in [0.3, 0.4) is 0 Å². The van der Waals surface area contributed by atoms with Crippen molar-refractivity contribution >= 4 is 28.5 Å². The van der Waals surface area contributed by atoms with Gasteiger partial charge in [-0.25, -0.2) is 4.79 Å². The van der Waals surface area contributed by atoms with Gasteiger partial charge in [0.2, 0.25) is 0 Å². The van der Waals surface area contributed by atoms with Gasteiger partial charge in [0.05, 0.1) is 29.7 Å². The van der Waals surface area contributed by atoms with Crippen molar-refractivity contribution in [2.75, 3.05) is 24.2 Å². The molecule has 0 saturated heterocycles. The van der Waals surface area contributed by atoms with E-state index in [0.29, 0.717) is 18.7 Å². The SMILES string of the molecule is NC(=O)OCCCNc1c(N)cnc2cccnc12. The number of nitrogens with two attached hydrogens (primary N) is 2. The third-order valence-corrected chi connectivity index (χ3v) is 2.52. The van der Waals surface area contributed by atoms with Crippen LogP contribution in [0, 0.1) is 0 Å². The van der Waals surface area contributed by atoms with Crippen LogP contribution in [0.5, 0.6) is 0 Å². The van der Waals surface area contributed by atoms with Crippen LogP contribution in [-0.2, 0) is 4.74 Å². The number of hydrogen-bond acceptors (Lipinski definition) is 6. The number of carbonyl (C=O) groups is 1. The molecule has 2 heterocycles. The van der Waals surface area contributed by atoms with Crippen LogP contribution in [0.4, 0.5) is 16.2 Å². The van der Waals surface area contributed by atoms with E-state index in [0.717, 1.165) is 16.7 Å². The predicted octanol–water partition coefficient (Wildman–Crippen LogP) is 1.11. The maximum absolute atomic E-state index is 10.4. The molecule has 0 bridgehead atoms. The minimum absolute atomic E-state index is 0.263. The zero-order valence-electron chi connectivity index (χ0n) is 10.3. The Hall–Kier alpha value is -2.57. The lowest BCUT2D eigenvalue weighted by atomic mass is 10.2. The summed E-state index contributed by atoms with van der Waals surface area (Å²) in [6.45, 7) is 0.853. The van der Waals surface area contributed by atoms with Gasteiger partial charge in [0.1, 0.15) is 5.52 Å². The molecule has 5 N–H and O–H groups in total. The molecule has 0 fully saturated rings. The van der Waals surface area contributed by atoms with E-state index in [9.17, 15) is 4.79 Å². The van der Waals surface area contributed by atoms with Crippen molar-refractivity contribution in [1.82, 2.24) is 9.97 Å². The average molecular weight is 261 g/mol. The lowest BCUT2D eigenvalue weighted by Crippen LogP contribution is -2.15. The van der Waals surface area contributed by atoms with Crippen LogP contribution in [0.15, 0.2) is 24.5 Å². The topological polar surface area (TPSA) is 116 Å². The Labute approximate surface area is 110 Å². The molecule has 2 rings (SSSR count). The van der Waals surface area contributed by atoms with Crippen LogP contribution in [0.1, 0.15) is 6.42 Å². The monoisotopic (exact) mass is 261 g/mol. The van der Waals surface area contributed by atoms with Crippen molar-refractivity contribution in [3.05, 3.63) is 24.5 Å². The number of nitrogens with zero attached hydrogens (tertiary/aromatic N) is 2. The van der Waals surface area contributed by atoms with Crippen LogP contribution in [0.2, 0.25) is 0 Å². The van der Waals surface area contributed by atoms with Crippen molar-refractivity contribution in [2.45, 2.75) is 6.42 Å². The smallest absolute Gasteiger partial charge is 0.404 e. The van der Waals surface area contributed by atoms with Crippen LogP contribution < -0.4 is 16.8 Å². The van der Waals surface area contributed by atoms with Gasteiger partial charge in [0.25, 0.3) is 0 Å². The molecule has 0 aliphatic rings. The van der Waals surface area contributed by atoms with E-state index >= 15 is 0 Å². The summed E-state index contributed by atoms with van der Waals surface area (Å²) < 4.78 is 4.64. The van der Waals surface area contributed by atoms with Gasteiger partial charge in [0, 0.05) is 12.7 Å². The van der Waals surface area contributed by atoms with Gasteiger partial charge >= 0.3 is 6.09 Å². The van der Waals surface area contributed by atoms with Gasteiger partial charge in [-0.05, 0) is 18.6 Å². The van der Waals surface area contributed by atoms with E-state index < -0.39 is 6.09 Å². The van der Waals surface area contributed by atoms with Gasteiger partial charge < -0.3 is 21.5 Å². The number of nitrogen functional groups attached to an aromatic ring is 1. The number of rotatable bonds is 5.